The van der Waals surface area contributed by atoms with Gasteiger partial charge in [0.2, 0.25) is 0 Å². The van der Waals surface area contributed by atoms with Crippen LogP contribution in [0.2, 0.25) is 0 Å². The van der Waals surface area contributed by atoms with Gasteiger partial charge in [-0.3, -0.25) is 0 Å². The summed E-state index contributed by atoms with van der Waals surface area (Å²) in [4.78, 5) is 0. The van der Waals surface area contributed by atoms with E-state index in [2.05, 4.69) is 13.8 Å². The lowest BCUT2D eigenvalue weighted by molar-refractivity contribution is -0.0822. The molecular weight excluding hydrogens is 188 g/mol. The van der Waals surface area contributed by atoms with E-state index in [-0.39, 0.29) is 6.29 Å². The van der Waals surface area contributed by atoms with Gasteiger partial charge >= 0.3 is 0 Å². The molecule has 0 aliphatic heterocycles. The summed E-state index contributed by atoms with van der Waals surface area (Å²) in [5, 5.41) is 0. The molecular formula is C13H20O2. The van der Waals surface area contributed by atoms with Gasteiger partial charge in [-0.25, -0.2) is 0 Å². The number of benzene rings is 1. The molecule has 0 heterocycles. The van der Waals surface area contributed by atoms with Crippen molar-refractivity contribution in [3.8, 4) is 5.75 Å². The van der Waals surface area contributed by atoms with Gasteiger partial charge in [0.1, 0.15) is 5.75 Å². The third-order valence-electron chi connectivity index (χ3n) is 2.15. The third-order valence-corrected chi connectivity index (χ3v) is 2.15. The van der Waals surface area contributed by atoms with Crippen molar-refractivity contribution in [3.05, 3.63) is 30.3 Å². The van der Waals surface area contributed by atoms with E-state index in [0.717, 1.165) is 31.6 Å². The summed E-state index contributed by atoms with van der Waals surface area (Å²) < 4.78 is 11.3. The first-order valence-electron chi connectivity index (χ1n) is 5.70. The Morgan fingerprint density at radius 2 is 1.87 bits per heavy atom. The van der Waals surface area contributed by atoms with Gasteiger partial charge in [0.25, 0.3) is 0 Å². The molecule has 0 saturated heterocycles. The van der Waals surface area contributed by atoms with E-state index < -0.39 is 0 Å². The fraction of sp³-hybridized carbons (Fsp3) is 0.538. The zero-order valence-corrected chi connectivity index (χ0v) is 9.61. The Morgan fingerprint density at radius 3 is 2.47 bits per heavy atom. The molecule has 0 saturated carbocycles. The van der Waals surface area contributed by atoms with Crippen LogP contribution in [0.1, 0.15) is 33.1 Å². The van der Waals surface area contributed by atoms with Gasteiger partial charge in [0.15, 0.2) is 6.29 Å². The van der Waals surface area contributed by atoms with Gasteiger partial charge in [-0.2, -0.15) is 0 Å². The number of para-hydroxylation sites is 1. The van der Waals surface area contributed by atoms with Crippen LogP contribution in [0.3, 0.4) is 0 Å². The van der Waals surface area contributed by atoms with E-state index in [0.29, 0.717) is 0 Å². The van der Waals surface area contributed by atoms with Crippen molar-refractivity contribution < 1.29 is 9.47 Å². The molecule has 0 aliphatic carbocycles. The highest BCUT2D eigenvalue weighted by molar-refractivity contribution is 5.20. The van der Waals surface area contributed by atoms with E-state index in [4.69, 9.17) is 9.47 Å². The molecule has 1 atom stereocenters. The van der Waals surface area contributed by atoms with E-state index in [1.165, 1.54) is 0 Å². The molecule has 15 heavy (non-hydrogen) atoms. The van der Waals surface area contributed by atoms with E-state index in [1.54, 1.807) is 0 Å². The summed E-state index contributed by atoms with van der Waals surface area (Å²) in [6.07, 6.45) is 3.01. The second-order valence-electron chi connectivity index (χ2n) is 3.49. The Labute approximate surface area is 92.2 Å². The van der Waals surface area contributed by atoms with Crippen molar-refractivity contribution in [2.75, 3.05) is 6.61 Å². The normalized spacial score (nSPS) is 12.4. The summed E-state index contributed by atoms with van der Waals surface area (Å²) in [6.45, 7) is 5.00. The molecule has 0 N–H and O–H groups in total. The minimum absolute atomic E-state index is 0.112. The van der Waals surface area contributed by atoms with E-state index in [1.807, 2.05) is 30.3 Å². The van der Waals surface area contributed by atoms with Crippen molar-refractivity contribution in [2.45, 2.75) is 39.4 Å². The molecule has 0 aromatic heterocycles. The molecule has 1 aromatic rings. The second kappa shape index (κ2) is 7.30. The molecule has 0 fully saturated rings. The van der Waals surface area contributed by atoms with Gasteiger partial charge < -0.3 is 9.47 Å². The zero-order valence-electron chi connectivity index (χ0n) is 9.61. The number of unbranched alkanes of at least 4 members (excludes halogenated alkanes) is 1. The highest BCUT2D eigenvalue weighted by Crippen LogP contribution is 2.13. The third kappa shape index (κ3) is 4.84. The number of rotatable bonds is 7. The Bertz CT molecular complexity index is 246. The summed E-state index contributed by atoms with van der Waals surface area (Å²) in [5.74, 6) is 0.876. The van der Waals surface area contributed by atoms with Gasteiger partial charge in [0.05, 0.1) is 6.61 Å². The molecule has 0 spiro atoms. The Balaban J connectivity index is 2.33. The molecule has 84 valence electrons. The first-order chi connectivity index (χ1) is 7.36. The van der Waals surface area contributed by atoms with Crippen LogP contribution in [0.5, 0.6) is 5.75 Å². The molecule has 0 amide bonds. The molecule has 0 bridgehead atoms. The highest BCUT2D eigenvalue weighted by Gasteiger charge is 2.06. The summed E-state index contributed by atoms with van der Waals surface area (Å²) >= 11 is 0. The Morgan fingerprint density at radius 1 is 1.13 bits per heavy atom. The van der Waals surface area contributed by atoms with Gasteiger partial charge in [-0.15, -0.1) is 0 Å². The lowest BCUT2D eigenvalue weighted by Gasteiger charge is -2.17. The Hall–Kier alpha value is -1.02. The fourth-order valence-corrected chi connectivity index (χ4v) is 1.25. The second-order valence-corrected chi connectivity index (χ2v) is 3.49. The van der Waals surface area contributed by atoms with Crippen LogP contribution >= 0.6 is 0 Å². The maximum atomic E-state index is 5.69. The average molecular weight is 208 g/mol. The van der Waals surface area contributed by atoms with Crippen LogP contribution in [-0.4, -0.2) is 12.9 Å². The predicted molar refractivity (Wildman–Crippen MR) is 62.0 cm³/mol. The average Bonchev–Trinajstić information content (AvgIpc) is 2.29. The zero-order chi connectivity index (χ0) is 10.9. The minimum atomic E-state index is -0.112. The van der Waals surface area contributed by atoms with Gasteiger partial charge in [-0.05, 0) is 18.6 Å². The van der Waals surface area contributed by atoms with Crippen LogP contribution in [0, 0.1) is 0 Å². The maximum absolute atomic E-state index is 5.69. The number of hydrogen-bond donors (Lipinski definition) is 0. The smallest absolute Gasteiger partial charge is 0.199 e. The first kappa shape index (κ1) is 12.1. The number of hydrogen-bond acceptors (Lipinski definition) is 2. The van der Waals surface area contributed by atoms with Crippen molar-refractivity contribution in [1.82, 2.24) is 0 Å². The maximum Gasteiger partial charge on any atom is 0.199 e. The van der Waals surface area contributed by atoms with Crippen LogP contribution in [0.25, 0.3) is 0 Å². The topological polar surface area (TPSA) is 18.5 Å². The predicted octanol–water partition coefficient (Wildman–Crippen LogP) is 3.62. The van der Waals surface area contributed by atoms with Crippen molar-refractivity contribution >= 4 is 0 Å². The molecule has 1 unspecified atom stereocenters. The van der Waals surface area contributed by atoms with Crippen LogP contribution in [0.4, 0.5) is 0 Å². The van der Waals surface area contributed by atoms with Gasteiger partial charge in [0, 0.05) is 6.42 Å². The fourth-order valence-electron chi connectivity index (χ4n) is 1.25. The van der Waals surface area contributed by atoms with Crippen LogP contribution in [-0.2, 0) is 4.74 Å². The summed E-state index contributed by atoms with van der Waals surface area (Å²) in [7, 11) is 0. The van der Waals surface area contributed by atoms with Gasteiger partial charge in [-0.1, -0.05) is 38.5 Å². The molecule has 2 heteroatoms. The number of ether oxygens (including phenoxy) is 2. The van der Waals surface area contributed by atoms with Crippen LogP contribution in [0.15, 0.2) is 30.3 Å². The molecule has 1 rings (SSSR count). The van der Waals surface area contributed by atoms with Crippen molar-refractivity contribution in [2.24, 2.45) is 0 Å². The van der Waals surface area contributed by atoms with E-state index >= 15 is 0 Å². The quantitative estimate of drug-likeness (QED) is 0.503. The molecule has 0 aliphatic rings. The Kier molecular flexibility index (Phi) is 5.86. The molecule has 2 nitrogen and oxygen atoms in total. The molecule has 0 radical (unpaired) electrons. The summed E-state index contributed by atoms with van der Waals surface area (Å²) in [6, 6.07) is 9.81. The first-order valence-corrected chi connectivity index (χ1v) is 5.70. The SMILES string of the molecule is CCCCOC(CC)Oc1ccccc1. The lowest BCUT2D eigenvalue weighted by atomic mass is 10.3. The van der Waals surface area contributed by atoms with Crippen molar-refractivity contribution in [3.63, 3.8) is 0 Å². The highest BCUT2D eigenvalue weighted by atomic mass is 16.7. The minimum Gasteiger partial charge on any atom is -0.465 e. The van der Waals surface area contributed by atoms with Crippen LogP contribution < -0.4 is 4.74 Å². The molecule has 1 aromatic carbocycles. The summed E-state index contributed by atoms with van der Waals surface area (Å²) in [5.41, 5.74) is 0. The largest absolute Gasteiger partial charge is 0.465 e. The standard InChI is InChI=1S/C13H20O2/c1-3-5-11-14-13(4-2)15-12-9-7-6-8-10-12/h6-10,13H,3-5,11H2,1-2H3. The monoisotopic (exact) mass is 208 g/mol. The van der Waals surface area contributed by atoms with Crippen molar-refractivity contribution in [1.29, 1.82) is 0 Å². The van der Waals surface area contributed by atoms with E-state index in [9.17, 15) is 0 Å². The lowest BCUT2D eigenvalue weighted by Crippen LogP contribution is -2.20.